The molecule has 4 rings (SSSR count). The summed E-state index contributed by atoms with van der Waals surface area (Å²) in [6.07, 6.45) is 0.824. The van der Waals surface area contributed by atoms with Gasteiger partial charge in [-0.15, -0.1) is 0 Å². The molecule has 0 aliphatic carbocycles. The van der Waals surface area contributed by atoms with E-state index in [0.717, 1.165) is 24.4 Å². The molecule has 2 aromatic carbocycles. The largest absolute Gasteiger partial charge is 0.495 e. The monoisotopic (exact) mass is 364 g/mol. The van der Waals surface area contributed by atoms with Crippen molar-refractivity contribution < 1.29 is 9.53 Å². The fourth-order valence-corrected chi connectivity index (χ4v) is 3.53. The zero-order chi connectivity index (χ0) is 18.8. The molecule has 2 N–H and O–H groups in total. The number of para-hydroxylation sites is 2. The minimum absolute atomic E-state index is 0.00472. The molecule has 1 aliphatic heterocycles. The molecule has 3 aromatic rings. The van der Waals surface area contributed by atoms with Gasteiger partial charge in [-0.1, -0.05) is 30.3 Å². The molecule has 1 aromatic heterocycles. The first-order valence-corrected chi connectivity index (χ1v) is 8.83. The number of aromatic nitrogens is 2. The molecule has 1 fully saturated rings. The van der Waals surface area contributed by atoms with E-state index in [4.69, 9.17) is 4.74 Å². The van der Waals surface area contributed by atoms with Gasteiger partial charge in [0.2, 0.25) is 0 Å². The molecule has 0 bridgehead atoms. The van der Waals surface area contributed by atoms with E-state index in [1.165, 1.54) is 0 Å². The highest BCUT2D eigenvalue weighted by atomic mass is 16.5. The predicted octanol–water partition coefficient (Wildman–Crippen LogP) is 1.94. The Kier molecular flexibility index (Phi) is 4.50. The number of aromatic amines is 1. The van der Waals surface area contributed by atoms with E-state index in [1.807, 2.05) is 24.3 Å². The van der Waals surface area contributed by atoms with Crippen LogP contribution < -0.4 is 20.5 Å². The highest BCUT2D eigenvalue weighted by Gasteiger charge is 2.27. The third kappa shape index (κ3) is 3.23. The summed E-state index contributed by atoms with van der Waals surface area (Å²) in [5, 5.41) is 10.4. The van der Waals surface area contributed by atoms with Gasteiger partial charge in [0.15, 0.2) is 5.69 Å². The summed E-state index contributed by atoms with van der Waals surface area (Å²) >= 11 is 0. The van der Waals surface area contributed by atoms with Crippen molar-refractivity contribution in [2.45, 2.75) is 12.5 Å². The van der Waals surface area contributed by atoms with Crippen LogP contribution in [0.4, 0.5) is 5.69 Å². The first-order chi connectivity index (χ1) is 13.2. The standard InChI is InChI=1S/C20H20N4O3/c1-27-17-9-5-4-8-16(17)24-11-10-13(12-24)21-20(26)18-14-6-2-3-7-15(14)19(25)23-22-18/h2-9,13H,10-12H2,1H3,(H,21,26)(H,23,25). The van der Waals surface area contributed by atoms with Crippen LogP contribution in [0.15, 0.2) is 53.3 Å². The Hall–Kier alpha value is -3.35. The van der Waals surface area contributed by atoms with Gasteiger partial charge in [0, 0.05) is 24.5 Å². The molecule has 1 aliphatic rings. The predicted molar refractivity (Wildman–Crippen MR) is 103 cm³/mol. The molecule has 1 atom stereocenters. The summed E-state index contributed by atoms with van der Waals surface area (Å²) in [5.41, 5.74) is 0.954. The SMILES string of the molecule is COc1ccccc1N1CCC(NC(=O)c2n[nH]c(=O)c3ccccc23)C1. The summed E-state index contributed by atoms with van der Waals surface area (Å²) in [4.78, 5) is 26.8. The zero-order valence-corrected chi connectivity index (χ0v) is 14.9. The summed E-state index contributed by atoms with van der Waals surface area (Å²) in [6, 6.07) is 14.8. The molecule has 1 saturated heterocycles. The second-order valence-corrected chi connectivity index (χ2v) is 6.52. The van der Waals surface area contributed by atoms with Crippen molar-refractivity contribution in [3.05, 3.63) is 64.6 Å². The number of ether oxygens (including phenoxy) is 1. The number of nitrogens with one attached hydrogen (secondary N) is 2. The Labute approximate surface area is 156 Å². The van der Waals surface area contributed by atoms with Crippen LogP contribution in [-0.4, -0.2) is 42.3 Å². The van der Waals surface area contributed by atoms with E-state index in [2.05, 4.69) is 20.4 Å². The lowest BCUT2D eigenvalue weighted by Crippen LogP contribution is -2.38. The Morgan fingerprint density at radius 1 is 1.19 bits per heavy atom. The van der Waals surface area contributed by atoms with Gasteiger partial charge in [-0.05, 0) is 24.6 Å². The Morgan fingerprint density at radius 2 is 1.93 bits per heavy atom. The number of carbonyl (C=O) groups excluding carboxylic acids is 1. The third-order valence-electron chi connectivity index (χ3n) is 4.86. The average molecular weight is 364 g/mol. The minimum atomic E-state index is -0.301. The number of rotatable bonds is 4. The van der Waals surface area contributed by atoms with Crippen molar-refractivity contribution in [1.82, 2.24) is 15.5 Å². The maximum absolute atomic E-state index is 12.8. The van der Waals surface area contributed by atoms with Crippen molar-refractivity contribution in [1.29, 1.82) is 0 Å². The quantitative estimate of drug-likeness (QED) is 0.739. The van der Waals surface area contributed by atoms with E-state index >= 15 is 0 Å². The van der Waals surface area contributed by atoms with Gasteiger partial charge < -0.3 is 15.0 Å². The maximum atomic E-state index is 12.8. The van der Waals surface area contributed by atoms with Crippen LogP contribution in [0, 0.1) is 0 Å². The van der Waals surface area contributed by atoms with Crippen LogP contribution in [0.2, 0.25) is 0 Å². The second-order valence-electron chi connectivity index (χ2n) is 6.52. The molecule has 0 spiro atoms. The van der Waals surface area contributed by atoms with Crippen LogP contribution >= 0.6 is 0 Å². The highest BCUT2D eigenvalue weighted by molar-refractivity contribution is 6.04. The molecular formula is C20H20N4O3. The van der Waals surface area contributed by atoms with Gasteiger partial charge in [-0.3, -0.25) is 9.59 Å². The number of hydrogen-bond acceptors (Lipinski definition) is 5. The van der Waals surface area contributed by atoms with Crippen molar-refractivity contribution in [3.63, 3.8) is 0 Å². The summed E-state index contributed by atoms with van der Waals surface area (Å²) in [7, 11) is 1.65. The van der Waals surface area contributed by atoms with Crippen molar-refractivity contribution >= 4 is 22.4 Å². The molecule has 2 heterocycles. The lowest BCUT2D eigenvalue weighted by Gasteiger charge is -2.21. The maximum Gasteiger partial charge on any atom is 0.272 e. The number of anilines is 1. The number of carbonyl (C=O) groups is 1. The summed E-state index contributed by atoms with van der Waals surface area (Å²) in [6.45, 7) is 1.51. The zero-order valence-electron chi connectivity index (χ0n) is 14.9. The fraction of sp³-hybridized carbons (Fsp3) is 0.250. The molecule has 7 heteroatoms. The molecule has 1 unspecified atom stereocenters. The molecule has 1 amide bonds. The van der Waals surface area contributed by atoms with Gasteiger partial charge in [0.25, 0.3) is 11.5 Å². The number of fused-ring (bicyclic) bond motifs is 1. The number of nitrogens with zero attached hydrogens (tertiary/aromatic N) is 2. The summed E-state index contributed by atoms with van der Waals surface area (Å²) < 4.78 is 5.43. The average Bonchev–Trinajstić information content (AvgIpc) is 3.16. The first kappa shape index (κ1) is 17.1. The van der Waals surface area contributed by atoms with E-state index < -0.39 is 0 Å². The van der Waals surface area contributed by atoms with E-state index in [1.54, 1.807) is 31.4 Å². The van der Waals surface area contributed by atoms with Gasteiger partial charge in [0.1, 0.15) is 5.75 Å². The Morgan fingerprint density at radius 3 is 2.74 bits per heavy atom. The van der Waals surface area contributed by atoms with Crippen LogP contribution in [0.1, 0.15) is 16.9 Å². The van der Waals surface area contributed by atoms with Crippen LogP contribution in [0.3, 0.4) is 0 Å². The van der Waals surface area contributed by atoms with Gasteiger partial charge in [0.05, 0.1) is 18.2 Å². The lowest BCUT2D eigenvalue weighted by atomic mass is 10.1. The molecule has 138 valence electrons. The molecule has 0 radical (unpaired) electrons. The topological polar surface area (TPSA) is 87.3 Å². The second kappa shape index (κ2) is 7.11. The Balaban J connectivity index is 1.52. The van der Waals surface area contributed by atoms with Crippen molar-refractivity contribution in [2.75, 3.05) is 25.1 Å². The van der Waals surface area contributed by atoms with Crippen LogP contribution in [0.5, 0.6) is 5.75 Å². The number of methoxy groups -OCH3 is 1. The number of benzene rings is 2. The van der Waals surface area contributed by atoms with Gasteiger partial charge in [-0.2, -0.15) is 5.10 Å². The van der Waals surface area contributed by atoms with E-state index in [-0.39, 0.29) is 23.2 Å². The molecule has 0 saturated carbocycles. The Bertz CT molecular complexity index is 1050. The molecule has 27 heavy (non-hydrogen) atoms. The first-order valence-electron chi connectivity index (χ1n) is 8.83. The molecular weight excluding hydrogens is 344 g/mol. The molecule has 7 nitrogen and oxygen atoms in total. The normalized spacial score (nSPS) is 16.5. The summed E-state index contributed by atoms with van der Waals surface area (Å²) in [5.74, 6) is 0.534. The number of amides is 1. The highest BCUT2D eigenvalue weighted by Crippen LogP contribution is 2.30. The van der Waals surface area contributed by atoms with E-state index in [9.17, 15) is 9.59 Å². The lowest BCUT2D eigenvalue weighted by molar-refractivity contribution is 0.0936. The van der Waals surface area contributed by atoms with Gasteiger partial charge in [-0.25, -0.2) is 5.10 Å². The van der Waals surface area contributed by atoms with Crippen LogP contribution in [0.25, 0.3) is 10.8 Å². The third-order valence-corrected chi connectivity index (χ3v) is 4.86. The van der Waals surface area contributed by atoms with Crippen molar-refractivity contribution in [2.24, 2.45) is 0 Å². The number of H-pyrrole nitrogens is 1. The number of hydrogen-bond donors (Lipinski definition) is 2. The smallest absolute Gasteiger partial charge is 0.272 e. The minimum Gasteiger partial charge on any atom is -0.495 e. The fourth-order valence-electron chi connectivity index (χ4n) is 3.53. The van der Waals surface area contributed by atoms with Crippen molar-refractivity contribution in [3.8, 4) is 5.75 Å². The van der Waals surface area contributed by atoms with E-state index in [0.29, 0.717) is 17.3 Å². The van der Waals surface area contributed by atoms with Crippen LogP contribution in [-0.2, 0) is 0 Å². The van der Waals surface area contributed by atoms with Gasteiger partial charge >= 0.3 is 0 Å².